The van der Waals surface area contributed by atoms with Crippen LogP contribution in [0.4, 0.5) is 5.69 Å². The van der Waals surface area contributed by atoms with E-state index in [9.17, 15) is 9.90 Å². The van der Waals surface area contributed by atoms with Crippen molar-refractivity contribution in [3.8, 4) is 0 Å². The number of anilines is 1. The van der Waals surface area contributed by atoms with Gasteiger partial charge in [-0.3, -0.25) is 4.79 Å². The van der Waals surface area contributed by atoms with Crippen LogP contribution in [0.3, 0.4) is 0 Å². The minimum atomic E-state index is -0.954. The van der Waals surface area contributed by atoms with E-state index >= 15 is 0 Å². The number of rotatable bonds is 3. The Hall–Kier alpha value is -2.17. The zero-order valence-electron chi connectivity index (χ0n) is 11.6. The second kappa shape index (κ2) is 6.08. The molecule has 2 atom stereocenters. The number of carbonyl (C=O) groups excluding carboxylic acids is 1. The minimum Gasteiger partial charge on any atom is -0.385 e. The first-order valence-electron chi connectivity index (χ1n) is 6.98. The van der Waals surface area contributed by atoms with Gasteiger partial charge in [0.05, 0.1) is 6.61 Å². The monoisotopic (exact) mass is 283 g/mol. The van der Waals surface area contributed by atoms with Gasteiger partial charge >= 0.3 is 0 Å². The van der Waals surface area contributed by atoms with Crippen molar-refractivity contribution in [1.82, 2.24) is 0 Å². The molecule has 2 unspecified atom stereocenters. The molecule has 4 heteroatoms. The molecule has 1 saturated heterocycles. The average Bonchev–Trinajstić information content (AvgIpc) is 2.56. The summed E-state index contributed by atoms with van der Waals surface area (Å²) in [4.78, 5) is 14.2. The molecule has 0 spiro atoms. The highest BCUT2D eigenvalue weighted by atomic mass is 16.5. The highest BCUT2D eigenvalue weighted by Gasteiger charge is 2.36. The first-order valence-corrected chi connectivity index (χ1v) is 6.98. The minimum absolute atomic E-state index is 0.205. The fraction of sp³-hybridized carbons (Fsp3) is 0.235. The number of para-hydroxylation sites is 1. The van der Waals surface area contributed by atoms with Crippen LogP contribution in [-0.2, 0) is 9.53 Å². The molecule has 1 N–H and O–H groups in total. The number of nitrogens with zero attached hydrogens (tertiary/aromatic N) is 1. The van der Waals surface area contributed by atoms with Gasteiger partial charge in [0.2, 0.25) is 0 Å². The van der Waals surface area contributed by atoms with Crippen LogP contribution in [-0.4, -0.2) is 30.3 Å². The number of aliphatic hydroxyl groups is 1. The fourth-order valence-electron chi connectivity index (χ4n) is 2.52. The number of morpholine rings is 1. The van der Waals surface area contributed by atoms with Gasteiger partial charge < -0.3 is 14.7 Å². The summed E-state index contributed by atoms with van der Waals surface area (Å²) >= 11 is 0. The molecule has 0 aliphatic carbocycles. The summed E-state index contributed by atoms with van der Waals surface area (Å²) < 4.78 is 5.52. The summed E-state index contributed by atoms with van der Waals surface area (Å²) in [5.74, 6) is -0.205. The summed E-state index contributed by atoms with van der Waals surface area (Å²) in [5.41, 5.74) is 1.52. The van der Waals surface area contributed by atoms with Crippen LogP contribution < -0.4 is 4.90 Å². The summed E-state index contributed by atoms with van der Waals surface area (Å²) in [5, 5.41) is 10.4. The van der Waals surface area contributed by atoms with Gasteiger partial charge in [0, 0.05) is 12.2 Å². The number of hydrogen-bond acceptors (Lipinski definition) is 3. The molecule has 108 valence electrons. The summed E-state index contributed by atoms with van der Waals surface area (Å²) in [6, 6.07) is 18.6. The Bertz CT molecular complexity index is 600. The zero-order valence-corrected chi connectivity index (χ0v) is 11.6. The molecular formula is C17H17NO3. The lowest BCUT2D eigenvalue weighted by atomic mass is 10.0. The van der Waals surface area contributed by atoms with E-state index in [0.29, 0.717) is 18.7 Å². The fourth-order valence-corrected chi connectivity index (χ4v) is 2.52. The molecule has 1 amide bonds. The van der Waals surface area contributed by atoms with Crippen LogP contribution in [0.1, 0.15) is 11.7 Å². The Morgan fingerprint density at radius 2 is 1.67 bits per heavy atom. The number of carbonyl (C=O) groups is 1. The highest BCUT2D eigenvalue weighted by Crippen LogP contribution is 2.26. The second-order valence-corrected chi connectivity index (χ2v) is 4.97. The predicted octanol–water partition coefficient (Wildman–Crippen LogP) is 2.15. The molecule has 0 saturated carbocycles. The molecule has 0 bridgehead atoms. The predicted molar refractivity (Wildman–Crippen MR) is 79.9 cm³/mol. The SMILES string of the molecule is O=C1C(C(O)c2ccccc2)OCCN1c1ccccc1. The molecule has 1 fully saturated rings. The number of ether oxygens (including phenoxy) is 1. The lowest BCUT2D eigenvalue weighted by molar-refractivity contribution is -0.143. The van der Waals surface area contributed by atoms with Crippen molar-refractivity contribution in [2.75, 3.05) is 18.1 Å². The Labute approximate surface area is 123 Å². The molecule has 1 aliphatic heterocycles. The maximum Gasteiger partial charge on any atom is 0.259 e. The normalized spacial score (nSPS) is 20.3. The molecule has 1 aliphatic rings. The molecule has 1 heterocycles. The first kappa shape index (κ1) is 13.8. The smallest absolute Gasteiger partial charge is 0.259 e. The number of aliphatic hydroxyl groups excluding tert-OH is 1. The van der Waals surface area contributed by atoms with E-state index in [-0.39, 0.29) is 5.91 Å². The molecule has 3 rings (SSSR count). The van der Waals surface area contributed by atoms with Crippen LogP contribution >= 0.6 is 0 Å². The molecular weight excluding hydrogens is 266 g/mol. The van der Waals surface area contributed by atoms with E-state index < -0.39 is 12.2 Å². The van der Waals surface area contributed by atoms with Crippen LogP contribution in [0.5, 0.6) is 0 Å². The van der Waals surface area contributed by atoms with Crippen LogP contribution in [0, 0.1) is 0 Å². The Kier molecular flexibility index (Phi) is 3.99. The molecule has 0 aromatic heterocycles. The lowest BCUT2D eigenvalue weighted by Crippen LogP contribution is -2.50. The van der Waals surface area contributed by atoms with Gasteiger partial charge in [0.1, 0.15) is 6.10 Å². The largest absolute Gasteiger partial charge is 0.385 e. The first-order chi connectivity index (χ1) is 10.3. The standard InChI is InChI=1S/C17H17NO3/c19-15(13-7-3-1-4-8-13)16-17(20)18(11-12-21-16)14-9-5-2-6-10-14/h1-10,15-16,19H,11-12H2. The topological polar surface area (TPSA) is 49.8 Å². The third kappa shape index (κ3) is 2.82. The Morgan fingerprint density at radius 1 is 1.05 bits per heavy atom. The van der Waals surface area contributed by atoms with E-state index in [0.717, 1.165) is 5.69 Å². The average molecular weight is 283 g/mol. The van der Waals surface area contributed by atoms with Crippen LogP contribution in [0.15, 0.2) is 60.7 Å². The van der Waals surface area contributed by atoms with Crippen molar-refractivity contribution < 1.29 is 14.6 Å². The highest BCUT2D eigenvalue weighted by molar-refractivity contribution is 5.97. The Morgan fingerprint density at radius 3 is 2.33 bits per heavy atom. The number of hydrogen-bond donors (Lipinski definition) is 1. The Balaban J connectivity index is 1.82. The van der Waals surface area contributed by atoms with Crippen molar-refractivity contribution in [3.63, 3.8) is 0 Å². The van der Waals surface area contributed by atoms with Gasteiger partial charge in [-0.15, -0.1) is 0 Å². The maximum atomic E-state index is 12.6. The molecule has 2 aromatic rings. The van der Waals surface area contributed by atoms with Crippen LogP contribution in [0.2, 0.25) is 0 Å². The van der Waals surface area contributed by atoms with Gasteiger partial charge in [0.25, 0.3) is 5.91 Å². The summed E-state index contributed by atoms with van der Waals surface area (Å²) in [6.07, 6.45) is -1.81. The second-order valence-electron chi connectivity index (χ2n) is 4.97. The van der Waals surface area contributed by atoms with E-state index in [1.165, 1.54) is 0 Å². The van der Waals surface area contributed by atoms with E-state index in [4.69, 9.17) is 4.74 Å². The van der Waals surface area contributed by atoms with Crippen molar-refractivity contribution in [1.29, 1.82) is 0 Å². The maximum absolute atomic E-state index is 12.6. The van der Waals surface area contributed by atoms with Crippen molar-refractivity contribution in [2.24, 2.45) is 0 Å². The van der Waals surface area contributed by atoms with Gasteiger partial charge in [-0.25, -0.2) is 0 Å². The van der Waals surface area contributed by atoms with Crippen molar-refractivity contribution in [3.05, 3.63) is 66.2 Å². The summed E-state index contributed by atoms with van der Waals surface area (Å²) in [6.45, 7) is 0.913. The van der Waals surface area contributed by atoms with Gasteiger partial charge in [-0.2, -0.15) is 0 Å². The van der Waals surface area contributed by atoms with Gasteiger partial charge in [-0.1, -0.05) is 48.5 Å². The molecule has 0 radical (unpaired) electrons. The number of benzene rings is 2. The van der Waals surface area contributed by atoms with Gasteiger partial charge in [-0.05, 0) is 17.7 Å². The zero-order chi connectivity index (χ0) is 14.7. The summed E-state index contributed by atoms with van der Waals surface area (Å²) in [7, 11) is 0. The third-order valence-electron chi connectivity index (χ3n) is 3.62. The van der Waals surface area contributed by atoms with E-state index in [2.05, 4.69) is 0 Å². The molecule has 21 heavy (non-hydrogen) atoms. The number of amides is 1. The van der Waals surface area contributed by atoms with Crippen molar-refractivity contribution in [2.45, 2.75) is 12.2 Å². The third-order valence-corrected chi connectivity index (χ3v) is 3.62. The van der Waals surface area contributed by atoms with Crippen molar-refractivity contribution >= 4 is 11.6 Å². The molecule has 4 nitrogen and oxygen atoms in total. The van der Waals surface area contributed by atoms with E-state index in [1.807, 2.05) is 48.5 Å². The quantitative estimate of drug-likeness (QED) is 0.939. The van der Waals surface area contributed by atoms with Crippen LogP contribution in [0.25, 0.3) is 0 Å². The van der Waals surface area contributed by atoms with Gasteiger partial charge in [0.15, 0.2) is 6.10 Å². The molecule has 2 aromatic carbocycles. The van der Waals surface area contributed by atoms with E-state index in [1.54, 1.807) is 17.0 Å². The lowest BCUT2D eigenvalue weighted by Gasteiger charge is -2.34.